The molecule has 0 aliphatic heterocycles. The summed E-state index contributed by atoms with van der Waals surface area (Å²) in [4.78, 5) is 0. The van der Waals surface area contributed by atoms with Gasteiger partial charge in [0.05, 0.1) is 6.61 Å². The summed E-state index contributed by atoms with van der Waals surface area (Å²) in [7, 11) is 0. The first-order chi connectivity index (χ1) is 8.72. The third-order valence-electron chi connectivity index (χ3n) is 3.10. The second kappa shape index (κ2) is 7.71. The number of halogens is 1. The minimum absolute atomic E-state index is 0.00263. The Kier molecular flexibility index (Phi) is 6.21. The van der Waals surface area contributed by atoms with Gasteiger partial charge >= 0.3 is 0 Å². The quantitative estimate of drug-likeness (QED) is 0.722. The molecule has 0 fully saturated rings. The van der Waals surface area contributed by atoms with Crippen molar-refractivity contribution in [2.75, 3.05) is 6.61 Å². The molecule has 1 unspecified atom stereocenters. The number of rotatable bonds is 7. The molecular weight excluding hydrogens is 229 g/mol. The summed E-state index contributed by atoms with van der Waals surface area (Å²) < 4.78 is 19.0. The molecule has 0 heterocycles. The summed E-state index contributed by atoms with van der Waals surface area (Å²) >= 11 is 0. The largest absolute Gasteiger partial charge is 0.492 e. The lowest BCUT2D eigenvalue weighted by atomic mass is 10.0. The minimum Gasteiger partial charge on any atom is -0.492 e. The van der Waals surface area contributed by atoms with Crippen LogP contribution in [0.1, 0.15) is 45.1 Å². The van der Waals surface area contributed by atoms with Crippen LogP contribution in [-0.2, 0) is 0 Å². The average molecular weight is 249 g/mol. The first kappa shape index (κ1) is 14.5. The topological polar surface area (TPSA) is 33.0 Å². The molecule has 18 heavy (non-hydrogen) atoms. The lowest BCUT2D eigenvalue weighted by Gasteiger charge is -2.16. The monoisotopic (exact) mass is 249 g/mol. The van der Waals surface area contributed by atoms with Crippen LogP contribution in [-0.4, -0.2) is 6.61 Å². The van der Waals surface area contributed by atoms with Gasteiger partial charge in [0.25, 0.3) is 0 Å². The number of unbranched alkanes of at least 4 members (excludes halogenated alkanes) is 1. The fourth-order valence-electron chi connectivity index (χ4n) is 1.84. The van der Waals surface area contributed by atoms with Crippen LogP contribution in [0.25, 0.3) is 0 Å². The zero-order valence-corrected chi connectivity index (χ0v) is 11.1. The van der Waals surface area contributed by atoms with E-state index < -0.39 is 5.82 Å². The highest BCUT2D eigenvalue weighted by atomic mass is 19.1. The molecule has 0 bridgehead atoms. The van der Waals surface area contributed by atoms with Crippen molar-refractivity contribution in [3.63, 3.8) is 0 Å². The van der Waals surface area contributed by atoms with E-state index in [9.17, 15) is 4.39 Å². The lowest BCUT2D eigenvalue weighted by molar-refractivity contribution is 0.232. The number of nitriles is 1. The standard InChI is InChI=1S/C15H20FNO/c1-3-5-7-12(4-2)11-18-15-9-6-8-14(16)13(15)10-17/h6,8-9,12H,3-5,7,11H2,1-2H3. The van der Waals surface area contributed by atoms with E-state index in [-0.39, 0.29) is 5.56 Å². The van der Waals surface area contributed by atoms with E-state index in [0.29, 0.717) is 18.3 Å². The van der Waals surface area contributed by atoms with Crippen LogP contribution < -0.4 is 4.74 Å². The van der Waals surface area contributed by atoms with E-state index in [1.807, 2.05) is 6.07 Å². The Hall–Kier alpha value is -1.56. The third-order valence-corrected chi connectivity index (χ3v) is 3.10. The molecule has 1 atom stereocenters. The van der Waals surface area contributed by atoms with Gasteiger partial charge in [-0.3, -0.25) is 0 Å². The molecule has 1 aromatic carbocycles. The summed E-state index contributed by atoms with van der Waals surface area (Å²) in [6.07, 6.45) is 4.50. The van der Waals surface area contributed by atoms with Gasteiger partial charge in [0.2, 0.25) is 0 Å². The van der Waals surface area contributed by atoms with Crippen molar-refractivity contribution in [1.82, 2.24) is 0 Å². The lowest BCUT2D eigenvalue weighted by Crippen LogP contribution is -2.12. The van der Waals surface area contributed by atoms with Crippen LogP contribution in [0.3, 0.4) is 0 Å². The molecule has 0 amide bonds. The number of benzene rings is 1. The average Bonchev–Trinajstić information content (AvgIpc) is 2.39. The number of hydrogen-bond donors (Lipinski definition) is 0. The second-order valence-electron chi connectivity index (χ2n) is 4.45. The van der Waals surface area contributed by atoms with Crippen molar-refractivity contribution in [2.24, 2.45) is 5.92 Å². The maximum Gasteiger partial charge on any atom is 0.144 e. The fraction of sp³-hybridized carbons (Fsp3) is 0.533. The van der Waals surface area contributed by atoms with Gasteiger partial charge in [-0.15, -0.1) is 0 Å². The molecule has 3 heteroatoms. The molecule has 0 aromatic heterocycles. The third kappa shape index (κ3) is 4.03. The molecule has 0 aliphatic rings. The van der Waals surface area contributed by atoms with Crippen LogP contribution in [0.4, 0.5) is 4.39 Å². The van der Waals surface area contributed by atoms with Crippen LogP contribution in [0, 0.1) is 23.1 Å². The maximum absolute atomic E-state index is 13.4. The van der Waals surface area contributed by atoms with Crippen LogP contribution in [0.15, 0.2) is 18.2 Å². The highest BCUT2D eigenvalue weighted by molar-refractivity contribution is 5.43. The first-order valence-electron chi connectivity index (χ1n) is 6.54. The van der Waals surface area contributed by atoms with Crippen LogP contribution >= 0.6 is 0 Å². The summed E-state index contributed by atoms with van der Waals surface area (Å²) in [6.45, 7) is 4.84. The van der Waals surface area contributed by atoms with E-state index in [1.54, 1.807) is 12.1 Å². The summed E-state index contributed by atoms with van der Waals surface area (Å²) in [6, 6.07) is 6.34. The zero-order valence-electron chi connectivity index (χ0n) is 11.1. The zero-order chi connectivity index (χ0) is 13.4. The van der Waals surface area contributed by atoms with Gasteiger partial charge in [0.1, 0.15) is 23.2 Å². The summed E-state index contributed by atoms with van der Waals surface area (Å²) in [5.74, 6) is 0.309. The summed E-state index contributed by atoms with van der Waals surface area (Å²) in [5, 5.41) is 8.89. The predicted octanol–water partition coefficient (Wildman–Crippen LogP) is 4.29. The number of ether oxygens (including phenoxy) is 1. The van der Waals surface area contributed by atoms with E-state index in [4.69, 9.17) is 10.00 Å². The predicted molar refractivity (Wildman–Crippen MR) is 69.9 cm³/mol. The molecule has 1 rings (SSSR count). The van der Waals surface area contributed by atoms with Crippen molar-refractivity contribution in [3.8, 4) is 11.8 Å². The van der Waals surface area contributed by atoms with Gasteiger partial charge in [-0.2, -0.15) is 5.26 Å². The SMILES string of the molecule is CCCCC(CC)COc1cccc(F)c1C#N. The Balaban J connectivity index is 2.62. The molecule has 98 valence electrons. The van der Waals surface area contributed by atoms with Crippen molar-refractivity contribution in [2.45, 2.75) is 39.5 Å². The molecule has 0 saturated heterocycles. The Morgan fingerprint density at radius 2 is 2.17 bits per heavy atom. The molecule has 0 radical (unpaired) electrons. The molecule has 0 spiro atoms. The van der Waals surface area contributed by atoms with E-state index in [0.717, 1.165) is 12.8 Å². The van der Waals surface area contributed by atoms with Crippen molar-refractivity contribution < 1.29 is 9.13 Å². The Labute approximate surface area is 108 Å². The van der Waals surface area contributed by atoms with Gasteiger partial charge < -0.3 is 4.74 Å². The van der Waals surface area contributed by atoms with Crippen molar-refractivity contribution >= 4 is 0 Å². The van der Waals surface area contributed by atoms with Gasteiger partial charge in [0.15, 0.2) is 0 Å². The molecule has 0 saturated carbocycles. The smallest absolute Gasteiger partial charge is 0.144 e. The van der Waals surface area contributed by atoms with E-state index in [1.165, 1.54) is 18.9 Å². The van der Waals surface area contributed by atoms with E-state index >= 15 is 0 Å². The molecular formula is C15H20FNO. The highest BCUT2D eigenvalue weighted by Gasteiger charge is 2.11. The summed E-state index contributed by atoms with van der Waals surface area (Å²) in [5.41, 5.74) is 0.00263. The number of nitrogens with zero attached hydrogens (tertiary/aromatic N) is 1. The van der Waals surface area contributed by atoms with Gasteiger partial charge in [-0.1, -0.05) is 39.2 Å². The molecule has 0 aliphatic carbocycles. The van der Waals surface area contributed by atoms with Gasteiger partial charge in [0, 0.05) is 0 Å². The minimum atomic E-state index is -0.517. The Morgan fingerprint density at radius 1 is 1.39 bits per heavy atom. The number of hydrogen-bond acceptors (Lipinski definition) is 2. The Morgan fingerprint density at radius 3 is 2.78 bits per heavy atom. The van der Waals surface area contributed by atoms with Gasteiger partial charge in [-0.05, 0) is 24.5 Å². The Bertz CT molecular complexity index is 411. The fourth-order valence-corrected chi connectivity index (χ4v) is 1.84. The maximum atomic E-state index is 13.4. The van der Waals surface area contributed by atoms with Crippen LogP contribution in [0.5, 0.6) is 5.75 Å². The molecule has 2 nitrogen and oxygen atoms in total. The first-order valence-corrected chi connectivity index (χ1v) is 6.54. The van der Waals surface area contributed by atoms with Crippen molar-refractivity contribution in [3.05, 3.63) is 29.6 Å². The normalized spacial score (nSPS) is 11.9. The highest BCUT2D eigenvalue weighted by Crippen LogP contribution is 2.22. The molecule has 0 N–H and O–H groups in total. The second-order valence-corrected chi connectivity index (χ2v) is 4.45. The molecule has 1 aromatic rings. The van der Waals surface area contributed by atoms with Crippen LogP contribution in [0.2, 0.25) is 0 Å². The van der Waals surface area contributed by atoms with Gasteiger partial charge in [-0.25, -0.2) is 4.39 Å². The van der Waals surface area contributed by atoms with E-state index in [2.05, 4.69) is 13.8 Å². The van der Waals surface area contributed by atoms with Crippen molar-refractivity contribution in [1.29, 1.82) is 5.26 Å².